The number of hydrogen-bond acceptors (Lipinski definition) is 5. The highest BCUT2D eigenvalue weighted by Gasteiger charge is 2.34. The summed E-state index contributed by atoms with van der Waals surface area (Å²) in [5.74, 6) is 1.25. The van der Waals surface area contributed by atoms with Gasteiger partial charge in [0.25, 0.3) is 0 Å². The minimum atomic E-state index is 0.103. The molecule has 2 atom stereocenters. The second kappa shape index (κ2) is 7.32. The van der Waals surface area contributed by atoms with Crippen molar-refractivity contribution in [2.24, 2.45) is 5.92 Å². The highest BCUT2D eigenvalue weighted by atomic mass is 35.5. The largest absolute Gasteiger partial charge is 0.354 e. The van der Waals surface area contributed by atoms with Crippen LogP contribution < -0.4 is 4.90 Å². The second-order valence-electron chi connectivity index (χ2n) is 8.01. The van der Waals surface area contributed by atoms with Crippen LogP contribution in [0.2, 0.25) is 5.02 Å². The maximum atomic E-state index is 13.0. The standard InChI is InChI=1S/C20H27ClN4O2/c1-13-11-25(12-14(2)23(13)3)20(26)15-6-8-24(9-7-15)19-17-10-16(21)4-5-18(17)27-22-19/h4-5,10,13-15H,6-9,11-12H2,1-3H3/t13-,14+. The molecule has 1 aromatic heterocycles. The average molecular weight is 391 g/mol. The fourth-order valence-corrected chi connectivity index (χ4v) is 4.48. The fraction of sp³-hybridized carbons (Fsp3) is 0.600. The summed E-state index contributed by atoms with van der Waals surface area (Å²) in [5.41, 5.74) is 0.744. The summed E-state index contributed by atoms with van der Waals surface area (Å²) >= 11 is 6.13. The first kappa shape index (κ1) is 18.6. The van der Waals surface area contributed by atoms with Crippen LogP contribution in [0.15, 0.2) is 22.7 Å². The lowest BCUT2D eigenvalue weighted by atomic mass is 9.94. The molecule has 146 valence electrons. The van der Waals surface area contributed by atoms with Crippen LogP contribution in [0, 0.1) is 5.92 Å². The van der Waals surface area contributed by atoms with Crippen LogP contribution >= 0.6 is 11.6 Å². The maximum absolute atomic E-state index is 13.0. The number of carbonyl (C=O) groups is 1. The van der Waals surface area contributed by atoms with Gasteiger partial charge in [0.15, 0.2) is 11.4 Å². The van der Waals surface area contributed by atoms with Gasteiger partial charge in [0.2, 0.25) is 5.91 Å². The highest BCUT2D eigenvalue weighted by Crippen LogP contribution is 2.32. The van der Waals surface area contributed by atoms with Gasteiger partial charge in [0.1, 0.15) is 0 Å². The Balaban J connectivity index is 1.41. The average Bonchev–Trinajstić information content (AvgIpc) is 3.08. The number of nitrogens with zero attached hydrogens (tertiary/aromatic N) is 4. The number of hydrogen-bond donors (Lipinski definition) is 0. The highest BCUT2D eigenvalue weighted by molar-refractivity contribution is 6.31. The first-order valence-corrected chi connectivity index (χ1v) is 10.1. The predicted octanol–water partition coefficient (Wildman–Crippen LogP) is 3.25. The monoisotopic (exact) mass is 390 g/mol. The van der Waals surface area contributed by atoms with E-state index in [9.17, 15) is 4.79 Å². The molecule has 4 rings (SSSR count). The van der Waals surface area contributed by atoms with E-state index in [1.54, 1.807) is 0 Å². The lowest BCUT2D eigenvalue weighted by molar-refractivity contribution is -0.140. The summed E-state index contributed by atoms with van der Waals surface area (Å²) in [4.78, 5) is 19.7. The van der Waals surface area contributed by atoms with Gasteiger partial charge in [-0.2, -0.15) is 0 Å². The Morgan fingerprint density at radius 2 is 1.85 bits per heavy atom. The number of carbonyl (C=O) groups excluding carboxylic acids is 1. The second-order valence-corrected chi connectivity index (χ2v) is 8.45. The van der Waals surface area contributed by atoms with Crippen LogP contribution in [0.3, 0.4) is 0 Å². The number of anilines is 1. The molecule has 1 amide bonds. The molecule has 2 aliphatic rings. The quantitative estimate of drug-likeness (QED) is 0.787. The molecule has 3 heterocycles. The molecule has 2 aromatic rings. The van der Waals surface area contributed by atoms with Crippen LogP contribution in [-0.4, -0.2) is 66.2 Å². The van der Waals surface area contributed by atoms with Gasteiger partial charge in [-0.25, -0.2) is 0 Å². The minimum absolute atomic E-state index is 0.103. The zero-order valence-electron chi connectivity index (χ0n) is 16.2. The van der Waals surface area contributed by atoms with Gasteiger partial charge >= 0.3 is 0 Å². The lowest BCUT2D eigenvalue weighted by Crippen LogP contribution is -2.58. The number of benzene rings is 1. The first-order chi connectivity index (χ1) is 12.9. The summed E-state index contributed by atoms with van der Waals surface area (Å²) in [7, 11) is 2.14. The SMILES string of the molecule is C[C@@H]1CN(C(=O)C2CCN(c3noc4ccc(Cl)cc34)CC2)C[C@H](C)N1C. The third-order valence-electron chi connectivity index (χ3n) is 6.23. The Morgan fingerprint density at radius 3 is 2.52 bits per heavy atom. The van der Waals surface area contributed by atoms with Crippen LogP contribution in [0.1, 0.15) is 26.7 Å². The van der Waals surface area contributed by atoms with Gasteiger partial charge in [-0.1, -0.05) is 16.8 Å². The molecular weight excluding hydrogens is 364 g/mol. The van der Waals surface area contributed by atoms with E-state index >= 15 is 0 Å². The van der Waals surface area contributed by atoms with Crippen molar-refractivity contribution in [3.05, 3.63) is 23.2 Å². The Labute approximate surface area is 165 Å². The molecule has 1 aromatic carbocycles. The number of halogens is 1. The lowest BCUT2D eigenvalue weighted by Gasteiger charge is -2.44. The summed E-state index contributed by atoms with van der Waals surface area (Å²) in [5, 5.41) is 5.85. The van der Waals surface area contributed by atoms with E-state index in [0.717, 1.165) is 55.8 Å². The van der Waals surface area contributed by atoms with Crippen LogP contribution in [0.5, 0.6) is 0 Å². The Kier molecular flexibility index (Phi) is 5.03. The van der Waals surface area contributed by atoms with E-state index in [1.165, 1.54) is 0 Å². The smallest absolute Gasteiger partial charge is 0.225 e. The summed E-state index contributed by atoms with van der Waals surface area (Å²) in [6.45, 7) is 7.66. The molecule has 2 saturated heterocycles. The van der Waals surface area contributed by atoms with Crippen LogP contribution in [0.25, 0.3) is 11.0 Å². The van der Waals surface area contributed by atoms with Crippen molar-refractivity contribution in [2.45, 2.75) is 38.8 Å². The van der Waals surface area contributed by atoms with Crippen molar-refractivity contribution in [3.63, 3.8) is 0 Å². The number of fused-ring (bicyclic) bond motifs is 1. The van der Waals surface area contributed by atoms with Gasteiger partial charge in [-0.05, 0) is 51.9 Å². The van der Waals surface area contributed by atoms with Gasteiger partial charge < -0.3 is 14.3 Å². The first-order valence-electron chi connectivity index (χ1n) is 9.74. The molecule has 0 unspecified atom stereocenters. The van der Waals surface area contributed by atoms with E-state index in [2.05, 4.69) is 40.8 Å². The van der Waals surface area contributed by atoms with Crippen LogP contribution in [0.4, 0.5) is 5.82 Å². The molecule has 0 radical (unpaired) electrons. The normalized spacial score (nSPS) is 25.3. The Hall–Kier alpha value is -1.79. The van der Waals surface area contributed by atoms with E-state index in [0.29, 0.717) is 23.0 Å². The summed E-state index contributed by atoms with van der Waals surface area (Å²) in [6, 6.07) is 6.36. The molecule has 2 aliphatic heterocycles. The minimum Gasteiger partial charge on any atom is -0.354 e. The van der Waals surface area contributed by atoms with Crippen molar-refractivity contribution in [1.82, 2.24) is 15.0 Å². The number of likely N-dealkylation sites (N-methyl/N-ethyl adjacent to an activating group) is 1. The molecule has 7 heteroatoms. The van der Waals surface area contributed by atoms with E-state index in [4.69, 9.17) is 16.1 Å². The molecule has 0 saturated carbocycles. The predicted molar refractivity (Wildman–Crippen MR) is 107 cm³/mol. The van der Waals surface area contributed by atoms with Crippen LogP contribution in [-0.2, 0) is 4.79 Å². The van der Waals surface area contributed by atoms with Crippen molar-refractivity contribution < 1.29 is 9.32 Å². The zero-order chi connectivity index (χ0) is 19.1. The molecular formula is C20H27ClN4O2. The van der Waals surface area contributed by atoms with E-state index in [-0.39, 0.29) is 5.92 Å². The maximum Gasteiger partial charge on any atom is 0.225 e. The number of aromatic nitrogens is 1. The van der Waals surface area contributed by atoms with Crippen molar-refractivity contribution in [3.8, 4) is 0 Å². The van der Waals surface area contributed by atoms with E-state index in [1.807, 2.05) is 18.2 Å². The van der Waals surface area contributed by atoms with Crippen molar-refractivity contribution in [2.75, 3.05) is 38.1 Å². The molecule has 0 spiro atoms. The molecule has 6 nitrogen and oxygen atoms in total. The molecule has 0 N–H and O–H groups in total. The molecule has 0 bridgehead atoms. The van der Waals surface area contributed by atoms with Gasteiger partial charge in [-0.15, -0.1) is 0 Å². The topological polar surface area (TPSA) is 52.8 Å². The van der Waals surface area contributed by atoms with Gasteiger partial charge in [-0.3, -0.25) is 9.69 Å². The van der Waals surface area contributed by atoms with Crippen molar-refractivity contribution in [1.29, 1.82) is 0 Å². The summed E-state index contributed by atoms with van der Waals surface area (Å²) < 4.78 is 5.43. The van der Waals surface area contributed by atoms with Crippen molar-refractivity contribution >= 4 is 34.3 Å². The van der Waals surface area contributed by atoms with Gasteiger partial charge in [0.05, 0.1) is 5.39 Å². The molecule has 2 fully saturated rings. The Morgan fingerprint density at radius 1 is 1.19 bits per heavy atom. The summed E-state index contributed by atoms with van der Waals surface area (Å²) in [6.07, 6.45) is 1.70. The zero-order valence-corrected chi connectivity index (χ0v) is 16.9. The number of amides is 1. The third kappa shape index (κ3) is 3.52. The molecule has 0 aliphatic carbocycles. The fourth-order valence-electron chi connectivity index (χ4n) is 4.31. The number of rotatable bonds is 2. The van der Waals surface area contributed by atoms with E-state index < -0.39 is 0 Å². The molecule has 27 heavy (non-hydrogen) atoms. The number of piperidine rings is 1. The van der Waals surface area contributed by atoms with Gasteiger partial charge in [0, 0.05) is 49.2 Å². The third-order valence-corrected chi connectivity index (χ3v) is 6.46. The number of piperazine rings is 1. The Bertz CT molecular complexity index is 818.